The van der Waals surface area contributed by atoms with Crippen LogP contribution in [0.5, 0.6) is 11.5 Å². The summed E-state index contributed by atoms with van der Waals surface area (Å²) in [6, 6.07) is 22.3. The minimum atomic E-state index is -0.746. The first kappa shape index (κ1) is 29.2. The highest BCUT2D eigenvalue weighted by Crippen LogP contribution is 2.27. The number of ether oxygens (including phenoxy) is 2. The van der Waals surface area contributed by atoms with E-state index in [1.165, 1.54) is 0 Å². The molecule has 0 aliphatic carbocycles. The number of halogens is 1. The number of hydrogen-bond donors (Lipinski definition) is 1. The molecule has 0 aliphatic heterocycles. The van der Waals surface area contributed by atoms with Gasteiger partial charge in [-0.3, -0.25) is 9.59 Å². The van der Waals surface area contributed by atoms with Gasteiger partial charge in [0, 0.05) is 18.5 Å². The van der Waals surface area contributed by atoms with Crippen LogP contribution in [0, 0.1) is 0 Å². The number of amides is 2. The monoisotopic (exact) mass is 580 g/mol. The van der Waals surface area contributed by atoms with E-state index in [9.17, 15) is 9.59 Å². The Morgan fingerprint density at radius 3 is 2.29 bits per heavy atom. The van der Waals surface area contributed by atoms with E-state index in [1.54, 1.807) is 12.0 Å². The van der Waals surface area contributed by atoms with E-state index in [2.05, 4.69) is 28.2 Å². The summed E-state index contributed by atoms with van der Waals surface area (Å²) in [5, 5.41) is 3.07. The predicted molar refractivity (Wildman–Crippen MR) is 154 cm³/mol. The van der Waals surface area contributed by atoms with E-state index in [0.717, 1.165) is 27.6 Å². The molecule has 1 atom stereocenters. The zero-order valence-corrected chi connectivity index (χ0v) is 24.4. The SMILES string of the molecule is CCc1ccc(OCC(=O)N(Cc2cccc(OC)c2)[C@H](Cc2ccccc2)C(=O)NC(C)(C)C)c(Br)c1. The molecule has 0 unspecified atom stereocenters. The first-order chi connectivity index (χ1) is 18.1. The van der Waals surface area contributed by atoms with Crippen LogP contribution < -0.4 is 14.8 Å². The number of hydrogen-bond acceptors (Lipinski definition) is 4. The van der Waals surface area contributed by atoms with Crippen molar-refractivity contribution in [2.45, 2.75) is 58.7 Å². The molecule has 0 saturated heterocycles. The van der Waals surface area contributed by atoms with Crippen molar-refractivity contribution < 1.29 is 19.1 Å². The third-order valence-corrected chi connectivity index (χ3v) is 6.63. The van der Waals surface area contributed by atoms with E-state index < -0.39 is 11.6 Å². The van der Waals surface area contributed by atoms with E-state index in [0.29, 0.717) is 17.9 Å². The number of rotatable bonds is 11. The summed E-state index contributed by atoms with van der Waals surface area (Å²) in [7, 11) is 1.60. The van der Waals surface area contributed by atoms with Crippen molar-refractivity contribution in [2.75, 3.05) is 13.7 Å². The molecule has 0 fully saturated rings. The van der Waals surface area contributed by atoms with Crippen LogP contribution in [0.4, 0.5) is 0 Å². The predicted octanol–water partition coefficient (Wildman–Crippen LogP) is 5.95. The molecule has 202 valence electrons. The van der Waals surface area contributed by atoms with Crippen LogP contribution >= 0.6 is 15.9 Å². The molecule has 1 N–H and O–H groups in total. The van der Waals surface area contributed by atoms with Gasteiger partial charge in [-0.15, -0.1) is 0 Å². The average molecular weight is 582 g/mol. The molecule has 0 saturated carbocycles. The lowest BCUT2D eigenvalue weighted by Gasteiger charge is -2.33. The van der Waals surface area contributed by atoms with Crippen molar-refractivity contribution in [2.24, 2.45) is 0 Å². The molecule has 0 spiro atoms. The maximum atomic E-state index is 13.8. The number of nitrogens with zero attached hydrogens (tertiary/aromatic N) is 1. The van der Waals surface area contributed by atoms with Gasteiger partial charge >= 0.3 is 0 Å². The summed E-state index contributed by atoms with van der Waals surface area (Å²) in [6.07, 6.45) is 1.27. The van der Waals surface area contributed by atoms with Gasteiger partial charge in [-0.2, -0.15) is 0 Å². The minimum Gasteiger partial charge on any atom is -0.497 e. The summed E-state index contributed by atoms with van der Waals surface area (Å²) < 4.78 is 12.1. The van der Waals surface area contributed by atoms with Gasteiger partial charge in [0.25, 0.3) is 5.91 Å². The van der Waals surface area contributed by atoms with Gasteiger partial charge in [0.15, 0.2) is 6.61 Å². The van der Waals surface area contributed by atoms with Crippen LogP contribution in [-0.2, 0) is 29.0 Å². The van der Waals surface area contributed by atoms with Gasteiger partial charge in [0.05, 0.1) is 11.6 Å². The van der Waals surface area contributed by atoms with Crippen LogP contribution in [0.25, 0.3) is 0 Å². The van der Waals surface area contributed by atoms with Crippen LogP contribution in [0.3, 0.4) is 0 Å². The second-order valence-corrected chi connectivity index (χ2v) is 11.1. The zero-order valence-electron chi connectivity index (χ0n) is 22.8. The van der Waals surface area contributed by atoms with Crippen molar-refractivity contribution in [3.8, 4) is 11.5 Å². The molecule has 0 radical (unpaired) electrons. The maximum Gasteiger partial charge on any atom is 0.261 e. The quantitative estimate of drug-likeness (QED) is 0.304. The molecule has 3 rings (SSSR count). The fraction of sp³-hybridized carbons (Fsp3) is 0.355. The van der Waals surface area contributed by atoms with E-state index in [4.69, 9.17) is 9.47 Å². The van der Waals surface area contributed by atoms with Crippen molar-refractivity contribution >= 4 is 27.7 Å². The third-order valence-electron chi connectivity index (χ3n) is 6.01. The van der Waals surface area contributed by atoms with Crippen molar-refractivity contribution in [3.63, 3.8) is 0 Å². The Kier molecular flexibility index (Phi) is 10.4. The Bertz CT molecular complexity index is 1220. The summed E-state index contributed by atoms with van der Waals surface area (Å²) in [6.45, 7) is 7.89. The average Bonchev–Trinajstić information content (AvgIpc) is 2.89. The van der Waals surface area contributed by atoms with Gasteiger partial charge in [0.2, 0.25) is 5.91 Å². The van der Waals surface area contributed by atoms with Gasteiger partial charge in [-0.05, 0) is 84.1 Å². The number of nitrogens with one attached hydrogen (secondary N) is 1. The molecule has 38 heavy (non-hydrogen) atoms. The molecule has 0 heterocycles. The second-order valence-electron chi connectivity index (χ2n) is 10.2. The number of carbonyl (C=O) groups excluding carboxylic acids is 2. The lowest BCUT2D eigenvalue weighted by atomic mass is 10.0. The second kappa shape index (κ2) is 13.5. The highest BCUT2D eigenvalue weighted by atomic mass is 79.9. The number of benzene rings is 3. The molecular weight excluding hydrogens is 544 g/mol. The van der Waals surface area contributed by atoms with Crippen LogP contribution in [-0.4, -0.2) is 42.0 Å². The molecule has 7 heteroatoms. The van der Waals surface area contributed by atoms with Crippen molar-refractivity contribution in [1.29, 1.82) is 0 Å². The molecule has 3 aromatic carbocycles. The van der Waals surface area contributed by atoms with Crippen LogP contribution in [0.1, 0.15) is 44.4 Å². The van der Waals surface area contributed by atoms with Crippen molar-refractivity contribution in [1.82, 2.24) is 10.2 Å². The summed E-state index contributed by atoms with van der Waals surface area (Å²) >= 11 is 3.55. The maximum absolute atomic E-state index is 13.8. The zero-order chi connectivity index (χ0) is 27.7. The van der Waals surface area contributed by atoms with Gasteiger partial charge < -0.3 is 19.7 Å². The fourth-order valence-electron chi connectivity index (χ4n) is 4.08. The summed E-state index contributed by atoms with van der Waals surface area (Å²) in [5.41, 5.74) is 2.52. The van der Waals surface area contributed by atoms with Crippen LogP contribution in [0.15, 0.2) is 77.3 Å². The Labute approximate surface area is 234 Å². The lowest BCUT2D eigenvalue weighted by molar-refractivity contribution is -0.143. The van der Waals surface area contributed by atoms with E-state index >= 15 is 0 Å². The molecule has 0 bridgehead atoms. The number of carbonyl (C=O) groups is 2. The first-order valence-electron chi connectivity index (χ1n) is 12.8. The molecule has 2 amide bonds. The molecule has 3 aromatic rings. The standard InChI is InChI=1S/C31H37BrN2O4/c1-6-22-15-16-28(26(32)18-22)38-21-29(35)34(20-24-13-10-14-25(17-24)37-5)27(30(36)33-31(2,3)4)19-23-11-8-7-9-12-23/h7-18,27H,6,19-21H2,1-5H3,(H,33,36)/t27-/m1/s1. The van der Waals surface area contributed by atoms with Crippen LogP contribution in [0.2, 0.25) is 0 Å². The minimum absolute atomic E-state index is 0.206. The summed E-state index contributed by atoms with van der Waals surface area (Å²) in [4.78, 5) is 29.0. The number of methoxy groups -OCH3 is 1. The number of aryl methyl sites for hydroxylation is 1. The summed E-state index contributed by atoms with van der Waals surface area (Å²) in [5.74, 6) is 0.760. The highest BCUT2D eigenvalue weighted by Gasteiger charge is 2.32. The lowest BCUT2D eigenvalue weighted by Crippen LogP contribution is -2.55. The third kappa shape index (κ3) is 8.62. The van der Waals surface area contributed by atoms with Gasteiger partial charge in [-0.1, -0.05) is 55.5 Å². The Balaban J connectivity index is 1.95. The van der Waals surface area contributed by atoms with Gasteiger partial charge in [-0.25, -0.2) is 0 Å². The molecule has 0 aliphatic rings. The molecule has 0 aromatic heterocycles. The van der Waals surface area contributed by atoms with Crippen molar-refractivity contribution in [3.05, 3.63) is 94.0 Å². The first-order valence-corrected chi connectivity index (χ1v) is 13.6. The molecule has 6 nitrogen and oxygen atoms in total. The smallest absolute Gasteiger partial charge is 0.261 e. The largest absolute Gasteiger partial charge is 0.497 e. The van der Waals surface area contributed by atoms with E-state index in [-0.39, 0.29) is 25.0 Å². The highest BCUT2D eigenvalue weighted by molar-refractivity contribution is 9.10. The Morgan fingerprint density at radius 2 is 1.66 bits per heavy atom. The Hall–Kier alpha value is -3.32. The fourth-order valence-corrected chi connectivity index (χ4v) is 4.62. The Morgan fingerprint density at radius 1 is 0.947 bits per heavy atom. The topological polar surface area (TPSA) is 67.9 Å². The van der Waals surface area contributed by atoms with E-state index in [1.807, 2.05) is 93.6 Å². The normalized spacial score (nSPS) is 11.9. The van der Waals surface area contributed by atoms with Gasteiger partial charge in [0.1, 0.15) is 17.5 Å². The molecular formula is C31H37BrN2O4.